The van der Waals surface area contributed by atoms with E-state index in [2.05, 4.69) is 23.2 Å². The molecule has 0 aliphatic carbocycles. The molecular formula is C26H21N3OS. The molecule has 4 aromatic rings. The van der Waals surface area contributed by atoms with Gasteiger partial charge in [0, 0.05) is 16.8 Å². The van der Waals surface area contributed by atoms with Crippen LogP contribution in [0.3, 0.4) is 0 Å². The zero-order valence-electron chi connectivity index (χ0n) is 17.1. The fraction of sp³-hybridized carbons (Fsp3) is 0.0769. The van der Waals surface area contributed by atoms with Gasteiger partial charge in [-0.15, -0.1) is 0 Å². The van der Waals surface area contributed by atoms with Crippen molar-refractivity contribution < 1.29 is 5.11 Å². The first-order valence-electron chi connectivity index (χ1n) is 10.1. The maximum absolute atomic E-state index is 11.2. The van der Waals surface area contributed by atoms with Gasteiger partial charge in [-0.3, -0.25) is 9.56 Å². The summed E-state index contributed by atoms with van der Waals surface area (Å²) < 4.78 is 1.87. The average molecular weight is 424 g/mol. The molecule has 0 spiro atoms. The van der Waals surface area contributed by atoms with Crippen molar-refractivity contribution in [2.75, 3.05) is 0 Å². The highest BCUT2D eigenvalue weighted by Crippen LogP contribution is 2.37. The predicted octanol–water partition coefficient (Wildman–Crippen LogP) is 6.18. The molecule has 0 amide bonds. The largest absolute Gasteiger partial charge is 0.493 e. The summed E-state index contributed by atoms with van der Waals surface area (Å²) in [6.07, 6.45) is 2.02. The molecule has 0 unspecified atom stereocenters. The number of para-hydroxylation sites is 2. The van der Waals surface area contributed by atoms with Crippen molar-refractivity contribution in [2.24, 2.45) is 9.98 Å². The predicted molar refractivity (Wildman–Crippen MR) is 128 cm³/mol. The van der Waals surface area contributed by atoms with Gasteiger partial charge in [0.05, 0.1) is 22.8 Å². The van der Waals surface area contributed by atoms with Gasteiger partial charge < -0.3 is 5.11 Å². The van der Waals surface area contributed by atoms with Crippen molar-refractivity contribution in [3.63, 3.8) is 0 Å². The van der Waals surface area contributed by atoms with Crippen LogP contribution in [0.15, 0.2) is 94.9 Å². The third kappa shape index (κ3) is 3.88. The van der Waals surface area contributed by atoms with Gasteiger partial charge in [-0.2, -0.15) is 0 Å². The van der Waals surface area contributed by atoms with E-state index in [1.54, 1.807) is 0 Å². The monoisotopic (exact) mass is 423 g/mol. The number of nitrogens with zero attached hydrogens (tertiary/aromatic N) is 3. The number of rotatable bonds is 4. The standard InChI is InChI=1S/C26H21N3OS/c1-18-22(21-14-8-9-15-23(21)27-18)16-24-25(30)29(17-19-10-4-2-5-11-19)26(31-24)28-20-12-6-3-7-13-20/h2-16,30H,17H2,1H3/b22-16+,28-26?. The zero-order valence-corrected chi connectivity index (χ0v) is 17.9. The smallest absolute Gasteiger partial charge is 0.211 e. The molecule has 5 heteroatoms. The van der Waals surface area contributed by atoms with Crippen molar-refractivity contribution in [1.82, 2.24) is 4.57 Å². The van der Waals surface area contributed by atoms with Gasteiger partial charge in [-0.25, -0.2) is 4.99 Å². The Balaban J connectivity index is 1.65. The summed E-state index contributed by atoms with van der Waals surface area (Å²) in [5, 5.41) is 11.2. The zero-order chi connectivity index (χ0) is 21.2. The van der Waals surface area contributed by atoms with Crippen molar-refractivity contribution in [3.8, 4) is 5.88 Å². The molecule has 1 aliphatic rings. The quantitative estimate of drug-likeness (QED) is 0.418. The Morgan fingerprint density at radius 1 is 0.935 bits per heavy atom. The van der Waals surface area contributed by atoms with E-state index in [1.807, 2.05) is 84.3 Å². The van der Waals surface area contributed by atoms with Gasteiger partial charge >= 0.3 is 0 Å². The summed E-state index contributed by atoms with van der Waals surface area (Å²) >= 11 is 1.48. The molecule has 31 heavy (non-hydrogen) atoms. The number of hydrogen-bond donors (Lipinski definition) is 1. The topological polar surface area (TPSA) is 49.9 Å². The van der Waals surface area contributed by atoms with Crippen molar-refractivity contribution in [1.29, 1.82) is 0 Å². The highest BCUT2D eigenvalue weighted by atomic mass is 32.1. The molecule has 2 heterocycles. The molecule has 1 N–H and O–H groups in total. The summed E-state index contributed by atoms with van der Waals surface area (Å²) in [4.78, 5) is 11.0. The molecular weight excluding hydrogens is 402 g/mol. The molecule has 1 aromatic heterocycles. The molecule has 0 bridgehead atoms. The van der Waals surface area contributed by atoms with Crippen molar-refractivity contribution in [2.45, 2.75) is 13.5 Å². The number of benzene rings is 3. The van der Waals surface area contributed by atoms with Crippen LogP contribution in [0, 0.1) is 0 Å². The van der Waals surface area contributed by atoms with E-state index in [4.69, 9.17) is 4.99 Å². The highest BCUT2D eigenvalue weighted by molar-refractivity contribution is 7.10. The van der Waals surface area contributed by atoms with Crippen molar-refractivity contribution in [3.05, 3.63) is 106 Å². The Labute approximate surface area is 184 Å². The molecule has 4 nitrogen and oxygen atoms in total. The Morgan fingerprint density at radius 2 is 1.61 bits per heavy atom. The number of aromatic hydroxyl groups is 1. The summed E-state index contributed by atoms with van der Waals surface area (Å²) in [5.74, 6) is 0.216. The summed E-state index contributed by atoms with van der Waals surface area (Å²) in [6, 6.07) is 28.0. The molecule has 0 fully saturated rings. The average Bonchev–Trinajstić information content (AvgIpc) is 3.26. The first kappa shape index (κ1) is 19.3. The second-order valence-electron chi connectivity index (χ2n) is 7.36. The summed E-state index contributed by atoms with van der Waals surface area (Å²) in [7, 11) is 0. The van der Waals surface area contributed by atoms with E-state index in [0.717, 1.165) is 43.5 Å². The normalized spacial score (nSPS) is 14.7. The van der Waals surface area contributed by atoms with Crippen LogP contribution in [-0.4, -0.2) is 15.4 Å². The van der Waals surface area contributed by atoms with Gasteiger partial charge in [0.15, 0.2) is 4.80 Å². The van der Waals surface area contributed by atoms with Crippen LogP contribution in [-0.2, 0) is 6.54 Å². The first-order chi connectivity index (χ1) is 15.2. The second-order valence-corrected chi connectivity index (χ2v) is 8.37. The van der Waals surface area contributed by atoms with Crippen LogP contribution in [0.1, 0.15) is 22.9 Å². The lowest BCUT2D eigenvalue weighted by molar-refractivity contribution is 0.419. The minimum atomic E-state index is 0.216. The van der Waals surface area contributed by atoms with Crippen LogP contribution in [0.2, 0.25) is 0 Å². The Hall–Kier alpha value is -3.70. The third-order valence-electron chi connectivity index (χ3n) is 5.22. The molecule has 152 valence electrons. The van der Waals surface area contributed by atoms with E-state index in [1.165, 1.54) is 11.3 Å². The number of hydrogen-bond acceptors (Lipinski definition) is 4. The lowest BCUT2D eigenvalue weighted by Crippen LogP contribution is -2.14. The van der Waals surface area contributed by atoms with Crippen LogP contribution in [0.25, 0.3) is 11.6 Å². The van der Waals surface area contributed by atoms with Crippen molar-refractivity contribution >= 4 is 40.1 Å². The molecule has 0 radical (unpaired) electrons. The molecule has 0 saturated heterocycles. The minimum absolute atomic E-state index is 0.216. The fourth-order valence-electron chi connectivity index (χ4n) is 3.67. The molecule has 0 saturated carbocycles. The second kappa shape index (κ2) is 8.20. The van der Waals surface area contributed by atoms with E-state index in [9.17, 15) is 5.11 Å². The van der Waals surface area contributed by atoms with E-state index >= 15 is 0 Å². The SMILES string of the molecule is CC1=Nc2ccccc2/C1=C/c1sc(=Nc2ccccc2)n(Cc2ccccc2)c1O. The van der Waals surface area contributed by atoms with Gasteiger partial charge in [-0.05, 0) is 36.8 Å². The van der Waals surface area contributed by atoms with E-state index in [0.29, 0.717) is 6.54 Å². The number of fused-ring (bicyclic) bond motifs is 1. The molecule has 0 atom stereocenters. The van der Waals surface area contributed by atoms with E-state index < -0.39 is 0 Å². The number of thiazole rings is 1. The Morgan fingerprint density at radius 3 is 2.39 bits per heavy atom. The number of aliphatic imine (C=N–C) groups is 1. The third-order valence-corrected chi connectivity index (χ3v) is 6.23. The molecule has 1 aliphatic heterocycles. The lowest BCUT2D eigenvalue weighted by atomic mass is 10.0. The number of aromatic nitrogens is 1. The van der Waals surface area contributed by atoms with Gasteiger partial charge in [0.1, 0.15) is 0 Å². The highest BCUT2D eigenvalue weighted by Gasteiger charge is 2.19. The Kier molecular flexibility index (Phi) is 5.10. The van der Waals surface area contributed by atoms with Gasteiger partial charge in [-0.1, -0.05) is 78.1 Å². The Bertz CT molecular complexity index is 1360. The lowest BCUT2D eigenvalue weighted by Gasteiger charge is -2.06. The van der Waals surface area contributed by atoms with Crippen LogP contribution in [0.4, 0.5) is 11.4 Å². The summed E-state index contributed by atoms with van der Waals surface area (Å²) in [5.41, 5.74) is 6.00. The maximum atomic E-state index is 11.2. The van der Waals surface area contributed by atoms with Gasteiger partial charge in [0.2, 0.25) is 5.88 Å². The van der Waals surface area contributed by atoms with Crippen LogP contribution >= 0.6 is 11.3 Å². The maximum Gasteiger partial charge on any atom is 0.211 e. The minimum Gasteiger partial charge on any atom is -0.493 e. The molecule has 3 aromatic carbocycles. The first-order valence-corrected chi connectivity index (χ1v) is 10.9. The van der Waals surface area contributed by atoms with Gasteiger partial charge in [0.25, 0.3) is 0 Å². The van der Waals surface area contributed by atoms with Crippen LogP contribution in [0.5, 0.6) is 5.88 Å². The molecule has 5 rings (SSSR count). The number of allylic oxidation sites excluding steroid dienone is 1. The van der Waals surface area contributed by atoms with E-state index in [-0.39, 0.29) is 5.88 Å². The summed E-state index contributed by atoms with van der Waals surface area (Å²) in [6.45, 7) is 2.55. The fourth-order valence-corrected chi connectivity index (χ4v) is 4.66. The van der Waals surface area contributed by atoms with Crippen LogP contribution < -0.4 is 4.80 Å².